The highest BCUT2D eigenvalue weighted by Gasteiger charge is 2.29. The van der Waals surface area contributed by atoms with Crippen molar-refractivity contribution in [1.29, 1.82) is 0 Å². The Morgan fingerprint density at radius 3 is 2.67 bits per heavy atom. The van der Waals surface area contributed by atoms with Crippen LogP contribution < -0.4 is 15.8 Å². The second kappa shape index (κ2) is 8.58. The second-order valence-corrected chi connectivity index (χ2v) is 6.01. The summed E-state index contributed by atoms with van der Waals surface area (Å²) in [5.74, 6) is -0.112. The van der Waals surface area contributed by atoms with E-state index in [9.17, 15) is 18.0 Å². The molecule has 0 heterocycles. The van der Waals surface area contributed by atoms with Crippen LogP contribution in [-0.2, 0) is 4.79 Å². The first kappa shape index (κ1) is 20.6. The van der Waals surface area contributed by atoms with Crippen molar-refractivity contribution in [1.82, 2.24) is 0 Å². The van der Waals surface area contributed by atoms with Crippen molar-refractivity contribution >= 4 is 24.0 Å². The smallest absolute Gasteiger partial charge is 0.422 e. The van der Waals surface area contributed by atoms with Crippen LogP contribution in [0.1, 0.15) is 31.2 Å². The van der Waals surface area contributed by atoms with Crippen LogP contribution in [0.3, 0.4) is 0 Å². The molecule has 2 atom stereocenters. The van der Waals surface area contributed by atoms with E-state index in [-0.39, 0.29) is 48.1 Å². The molecule has 1 aromatic carbocycles. The molecular formula is C16H22ClF3N2O2. The van der Waals surface area contributed by atoms with Gasteiger partial charge in [-0.3, -0.25) is 4.79 Å². The molecule has 1 fully saturated rings. The molecule has 2 rings (SSSR count). The fourth-order valence-electron chi connectivity index (χ4n) is 2.77. The van der Waals surface area contributed by atoms with Gasteiger partial charge in [-0.25, -0.2) is 0 Å². The monoisotopic (exact) mass is 366 g/mol. The van der Waals surface area contributed by atoms with Crippen LogP contribution in [-0.4, -0.2) is 24.7 Å². The minimum Gasteiger partial charge on any atom is -0.482 e. The average Bonchev–Trinajstić information content (AvgIpc) is 2.83. The molecule has 8 heteroatoms. The summed E-state index contributed by atoms with van der Waals surface area (Å²) in [6.45, 7) is 0.344. The van der Waals surface area contributed by atoms with E-state index in [2.05, 4.69) is 5.32 Å². The molecule has 0 aliphatic heterocycles. The van der Waals surface area contributed by atoms with E-state index < -0.39 is 12.8 Å². The van der Waals surface area contributed by atoms with E-state index in [4.69, 9.17) is 10.5 Å². The Morgan fingerprint density at radius 2 is 2.08 bits per heavy atom. The number of carbonyl (C=O) groups is 1. The van der Waals surface area contributed by atoms with Gasteiger partial charge >= 0.3 is 6.18 Å². The predicted molar refractivity (Wildman–Crippen MR) is 88.5 cm³/mol. The van der Waals surface area contributed by atoms with Gasteiger partial charge in [-0.1, -0.05) is 12.5 Å². The lowest BCUT2D eigenvalue weighted by molar-refractivity contribution is -0.153. The number of carbonyl (C=O) groups excluding carboxylic acids is 1. The fourth-order valence-corrected chi connectivity index (χ4v) is 2.77. The SMILES string of the molecule is Cc1ccc(NC(=O)C[C@@H]2CCC[C@H]2N)c(OCC(F)(F)F)c1.Cl. The normalized spacial score (nSPS) is 20.4. The number of alkyl halides is 3. The number of ether oxygens (including phenoxy) is 1. The van der Waals surface area contributed by atoms with Gasteiger partial charge in [0, 0.05) is 12.5 Å². The number of rotatable bonds is 5. The fraction of sp³-hybridized carbons (Fsp3) is 0.562. The molecule has 1 saturated carbocycles. The van der Waals surface area contributed by atoms with Crippen LogP contribution in [0.25, 0.3) is 0 Å². The summed E-state index contributed by atoms with van der Waals surface area (Å²) < 4.78 is 41.8. The summed E-state index contributed by atoms with van der Waals surface area (Å²) in [6, 6.07) is 4.74. The number of amides is 1. The van der Waals surface area contributed by atoms with Crippen LogP contribution in [0.4, 0.5) is 18.9 Å². The van der Waals surface area contributed by atoms with E-state index in [1.807, 2.05) is 0 Å². The Balaban J connectivity index is 0.00000288. The number of halogens is 4. The molecule has 0 aromatic heterocycles. The van der Waals surface area contributed by atoms with Crippen molar-refractivity contribution in [2.75, 3.05) is 11.9 Å². The minimum absolute atomic E-state index is 0. The van der Waals surface area contributed by atoms with Gasteiger partial charge in [-0.05, 0) is 43.4 Å². The maximum atomic E-state index is 12.3. The van der Waals surface area contributed by atoms with E-state index in [0.717, 1.165) is 24.8 Å². The summed E-state index contributed by atoms with van der Waals surface area (Å²) >= 11 is 0. The number of nitrogens with one attached hydrogen (secondary N) is 1. The highest BCUT2D eigenvalue weighted by molar-refractivity contribution is 5.92. The number of hydrogen-bond acceptors (Lipinski definition) is 3. The van der Waals surface area contributed by atoms with Gasteiger partial charge in [0.05, 0.1) is 5.69 Å². The zero-order valence-corrected chi connectivity index (χ0v) is 14.2. The highest BCUT2D eigenvalue weighted by Crippen LogP contribution is 2.30. The topological polar surface area (TPSA) is 64.4 Å². The first-order chi connectivity index (χ1) is 10.7. The average molecular weight is 367 g/mol. The van der Waals surface area contributed by atoms with Gasteiger partial charge < -0.3 is 15.8 Å². The Morgan fingerprint density at radius 1 is 1.38 bits per heavy atom. The number of hydrogen-bond donors (Lipinski definition) is 2. The summed E-state index contributed by atoms with van der Waals surface area (Å²) in [7, 11) is 0. The summed E-state index contributed by atoms with van der Waals surface area (Å²) in [5.41, 5.74) is 6.93. The van der Waals surface area contributed by atoms with Gasteiger partial charge in [-0.15, -0.1) is 12.4 Å². The predicted octanol–water partition coefficient (Wildman–Crippen LogP) is 3.81. The van der Waals surface area contributed by atoms with Gasteiger partial charge in [0.2, 0.25) is 5.91 Å². The van der Waals surface area contributed by atoms with Gasteiger partial charge in [0.25, 0.3) is 0 Å². The largest absolute Gasteiger partial charge is 0.482 e. The molecule has 0 saturated heterocycles. The quantitative estimate of drug-likeness (QED) is 0.832. The van der Waals surface area contributed by atoms with Crippen molar-refractivity contribution in [3.8, 4) is 5.75 Å². The lowest BCUT2D eigenvalue weighted by Crippen LogP contribution is -2.28. The van der Waals surface area contributed by atoms with Crippen molar-refractivity contribution < 1.29 is 22.7 Å². The van der Waals surface area contributed by atoms with Crippen LogP contribution in [0.5, 0.6) is 5.75 Å². The summed E-state index contributed by atoms with van der Waals surface area (Å²) in [5, 5.41) is 2.63. The number of aryl methyl sites for hydroxylation is 1. The highest BCUT2D eigenvalue weighted by atomic mass is 35.5. The third-order valence-electron chi connectivity index (χ3n) is 3.97. The zero-order valence-electron chi connectivity index (χ0n) is 13.4. The third kappa shape index (κ3) is 6.20. The molecule has 136 valence electrons. The molecule has 0 unspecified atom stereocenters. The molecule has 0 radical (unpaired) electrons. The molecule has 4 nitrogen and oxygen atoms in total. The number of benzene rings is 1. The van der Waals surface area contributed by atoms with Crippen LogP contribution in [0.2, 0.25) is 0 Å². The van der Waals surface area contributed by atoms with E-state index in [0.29, 0.717) is 0 Å². The summed E-state index contributed by atoms with van der Waals surface area (Å²) in [6.07, 6.45) is -1.35. The van der Waals surface area contributed by atoms with Crippen molar-refractivity contribution in [2.45, 2.75) is 44.8 Å². The van der Waals surface area contributed by atoms with Gasteiger partial charge in [-0.2, -0.15) is 13.2 Å². The zero-order chi connectivity index (χ0) is 17.0. The summed E-state index contributed by atoms with van der Waals surface area (Å²) in [4.78, 5) is 12.1. The number of nitrogens with two attached hydrogens (primary N) is 1. The standard InChI is InChI=1S/C16H21F3N2O2.ClH/c1-10-5-6-13(14(7-10)23-9-16(17,18)19)21-15(22)8-11-3-2-4-12(11)20;/h5-7,11-12H,2-4,8-9,20H2,1H3,(H,21,22);1H/t11-,12+;/m0./s1. The molecule has 3 N–H and O–H groups in total. The van der Waals surface area contributed by atoms with E-state index in [1.54, 1.807) is 19.1 Å². The van der Waals surface area contributed by atoms with Crippen LogP contribution in [0.15, 0.2) is 18.2 Å². The second-order valence-electron chi connectivity index (χ2n) is 6.01. The van der Waals surface area contributed by atoms with Gasteiger partial charge in [0.1, 0.15) is 5.75 Å². The molecule has 1 amide bonds. The first-order valence-electron chi connectivity index (χ1n) is 7.60. The maximum Gasteiger partial charge on any atom is 0.422 e. The van der Waals surface area contributed by atoms with Crippen LogP contribution in [0, 0.1) is 12.8 Å². The first-order valence-corrected chi connectivity index (χ1v) is 7.60. The Bertz CT molecular complexity index is 567. The Kier molecular flexibility index (Phi) is 7.35. The molecule has 1 aliphatic carbocycles. The Hall–Kier alpha value is -1.47. The van der Waals surface area contributed by atoms with Crippen molar-refractivity contribution in [3.63, 3.8) is 0 Å². The van der Waals surface area contributed by atoms with Gasteiger partial charge in [0.15, 0.2) is 6.61 Å². The molecule has 0 spiro atoms. The molecule has 1 aromatic rings. The van der Waals surface area contributed by atoms with E-state index in [1.165, 1.54) is 6.07 Å². The molecule has 24 heavy (non-hydrogen) atoms. The molecule has 1 aliphatic rings. The Labute approximate surface area is 145 Å². The minimum atomic E-state index is -4.43. The van der Waals surface area contributed by atoms with Crippen molar-refractivity contribution in [3.05, 3.63) is 23.8 Å². The van der Waals surface area contributed by atoms with E-state index >= 15 is 0 Å². The van der Waals surface area contributed by atoms with Crippen LogP contribution >= 0.6 is 12.4 Å². The maximum absolute atomic E-state index is 12.3. The third-order valence-corrected chi connectivity index (χ3v) is 3.97. The number of anilines is 1. The molecule has 0 bridgehead atoms. The lowest BCUT2D eigenvalue weighted by Gasteiger charge is -2.17. The lowest BCUT2D eigenvalue weighted by atomic mass is 10.00. The molecular weight excluding hydrogens is 345 g/mol. The van der Waals surface area contributed by atoms with Crippen molar-refractivity contribution in [2.24, 2.45) is 11.7 Å².